The lowest BCUT2D eigenvalue weighted by atomic mass is 9.98. The number of ether oxygens (including phenoxy) is 4. The number of aromatic amines is 1. The molecule has 39 heteroatoms. The van der Waals surface area contributed by atoms with Crippen LogP contribution in [0, 0.1) is 0 Å². The molecule has 17 rings (SSSR count). The van der Waals surface area contributed by atoms with Gasteiger partial charge in [-0.15, -0.1) is 0 Å². The van der Waals surface area contributed by atoms with E-state index in [1.807, 2.05) is 113 Å². The van der Waals surface area contributed by atoms with Crippen LogP contribution in [0.3, 0.4) is 0 Å². The molecule has 126 heavy (non-hydrogen) atoms. The molecule has 10 unspecified atom stereocenters. The van der Waals surface area contributed by atoms with Crippen molar-refractivity contribution in [3.63, 3.8) is 0 Å². The number of carbonyl (C=O) groups is 14. The molecule has 0 spiro atoms. The molecular formula is C87H116N16O22S. The monoisotopic (exact) mass is 1770 g/mol. The Hall–Kier alpha value is -11.5. The number of piperidine rings is 6. The fraction of sp³-hybridized carbons (Fsp3) is 0.598. The standard InChI is InChI=1S/C29H34N6O6.C16H23N3O3.C13H11N3O4.C13H23NO5S.C12H21NO3.C4H4N2O/c1-29(2,3)41-28(40)34-17-7-8-18(34)12-19(11-17)33-15-16(14-31-33)13-30-21-6-4-5-20-24(21)27(39)35(26(20)38)22-9-10-23(36)32-25(22)37;1-16(2,3)22-15(21)19-12-4-5-13(19)7-14(6-12)18-9-11(10-20)8-17-18;14-7-3-1-2-6-10(7)13(20)16(12(6)19)8-4-5-9(17)15-11(8)18;1-13(2,3)18-12(15)14-9-5-6-10(14)8-11(7-9)19-20(4,16)17;1-12(2,3)16-11(15)13-8-4-5-9(13)7-10(14)6-8;7-3-4-1-5-6-2-4/h4-6,14-15,17-19,22,30H,7-13H2,1-3H3,(H,32,36,37);8-10,12-14H,4-7H2,1-3H3;1-3,8H,4-5,14H2,(H,15,17,18);9-11H,5-8H2,1-4H3;8-10,14H,4-7H2,1-3H3;1-3H,(H,5,6). The maximum absolute atomic E-state index is 13.3. The van der Waals surface area contributed by atoms with Crippen molar-refractivity contribution in [3.05, 3.63) is 113 Å². The molecule has 12 aliphatic rings. The van der Waals surface area contributed by atoms with Gasteiger partial charge in [-0.05, 0) is 223 Å². The minimum atomic E-state index is -3.44. The molecule has 12 amide bonds. The summed E-state index contributed by atoms with van der Waals surface area (Å²) in [6.07, 6.45) is 25.2. The van der Waals surface area contributed by atoms with E-state index >= 15 is 0 Å². The highest BCUT2D eigenvalue weighted by Gasteiger charge is 2.52. The third-order valence-corrected chi connectivity index (χ3v) is 24.4. The zero-order valence-corrected chi connectivity index (χ0v) is 74.3. The minimum absolute atomic E-state index is 0.0235. The lowest BCUT2D eigenvalue weighted by Crippen LogP contribution is -2.54. The minimum Gasteiger partial charge on any atom is -0.444 e. The highest BCUT2D eigenvalue weighted by Crippen LogP contribution is 2.45. The number of aromatic nitrogens is 6. The summed E-state index contributed by atoms with van der Waals surface area (Å²) in [4.78, 5) is 177. The van der Waals surface area contributed by atoms with Gasteiger partial charge in [0.15, 0.2) is 12.6 Å². The Morgan fingerprint density at radius 2 is 0.873 bits per heavy atom. The van der Waals surface area contributed by atoms with Crippen LogP contribution >= 0.6 is 0 Å². The van der Waals surface area contributed by atoms with Crippen LogP contribution in [-0.4, -0.2) is 258 Å². The van der Waals surface area contributed by atoms with Crippen molar-refractivity contribution >= 4 is 106 Å². The van der Waals surface area contributed by atoms with Gasteiger partial charge in [0, 0.05) is 103 Å². The van der Waals surface area contributed by atoms with Crippen molar-refractivity contribution in [2.75, 3.05) is 17.3 Å². The quantitative estimate of drug-likeness (QED) is 0.0235. The zero-order valence-electron chi connectivity index (χ0n) is 73.4. The van der Waals surface area contributed by atoms with Crippen LogP contribution in [0.2, 0.25) is 0 Å². The molecule has 8 bridgehead atoms. The number of nitrogens with one attached hydrogen (secondary N) is 4. The van der Waals surface area contributed by atoms with Crippen molar-refractivity contribution < 1.29 is 104 Å². The van der Waals surface area contributed by atoms with E-state index in [-0.39, 0.29) is 151 Å². The summed E-state index contributed by atoms with van der Waals surface area (Å²) in [5, 5.41) is 32.2. The first-order valence-electron chi connectivity index (χ1n) is 43.0. The number of hydrogen-bond donors (Lipinski definition) is 6. The van der Waals surface area contributed by atoms with E-state index in [0.29, 0.717) is 49.0 Å². The van der Waals surface area contributed by atoms with Gasteiger partial charge in [-0.25, -0.2) is 19.2 Å². The van der Waals surface area contributed by atoms with Crippen molar-refractivity contribution in [1.82, 2.24) is 69.8 Å². The molecule has 682 valence electrons. The average molecular weight is 1770 g/mol. The first kappa shape index (κ1) is 93.7. The molecule has 0 aliphatic carbocycles. The number of fused-ring (bicyclic) bond motifs is 10. The Morgan fingerprint density at radius 3 is 1.24 bits per heavy atom. The molecule has 2 aromatic carbocycles. The smallest absolute Gasteiger partial charge is 0.410 e. The lowest BCUT2D eigenvalue weighted by Gasteiger charge is -2.39. The molecule has 10 atom stereocenters. The number of benzene rings is 2. The van der Waals surface area contributed by atoms with Crippen molar-refractivity contribution in [2.45, 2.75) is 325 Å². The number of hydrogen-bond acceptors (Lipinski definition) is 27. The molecule has 38 nitrogen and oxygen atoms in total. The molecular weight excluding hydrogens is 1650 g/mol. The number of nitrogens with two attached hydrogens (primary N) is 1. The number of anilines is 2. The van der Waals surface area contributed by atoms with Crippen molar-refractivity contribution in [2.24, 2.45) is 0 Å². The van der Waals surface area contributed by atoms with Gasteiger partial charge in [0.05, 0.1) is 82.5 Å². The topological polar surface area (TPSA) is 485 Å². The molecule has 10 saturated heterocycles. The summed E-state index contributed by atoms with van der Waals surface area (Å²) in [5.74, 6) is -4.30. The lowest BCUT2D eigenvalue weighted by molar-refractivity contribution is -0.137. The Morgan fingerprint density at radius 1 is 0.492 bits per heavy atom. The third-order valence-electron chi connectivity index (χ3n) is 23.8. The molecule has 10 fully saturated rings. The summed E-state index contributed by atoms with van der Waals surface area (Å²) in [5.41, 5.74) is 7.33. The van der Waals surface area contributed by atoms with E-state index in [1.165, 1.54) is 24.5 Å². The SMILES string of the molecule is CC(C)(C)OC(=O)N1C2CCC1CC(O)C2.CC(C)(C)OC(=O)N1C2CCC1CC(OS(C)(=O)=O)C2.CC(C)(C)OC(=O)N1C2CCC1CC(n1cc(C=O)cn1)C2.CC(C)(C)OC(=O)N1C2CCC1CC(n1cc(CNc3cccc4c3C(=O)N(C3CCC(=O)NC3=O)C4=O)cn1)C2.Nc1cccc2c1C(=O)N(C1CCC(=O)NC1=O)C2=O.O=Cc1cn[nH]c1. The van der Waals surface area contributed by atoms with Crippen molar-refractivity contribution in [3.8, 4) is 0 Å². The number of amides is 12. The van der Waals surface area contributed by atoms with Crippen LogP contribution in [0.5, 0.6) is 0 Å². The highest BCUT2D eigenvalue weighted by molar-refractivity contribution is 7.86. The van der Waals surface area contributed by atoms with E-state index in [1.54, 1.807) is 47.8 Å². The second-order valence-corrected chi connectivity index (χ2v) is 39.6. The molecule has 0 saturated carbocycles. The van der Waals surface area contributed by atoms with Gasteiger partial charge >= 0.3 is 24.4 Å². The predicted octanol–water partition coefficient (Wildman–Crippen LogP) is 9.49. The predicted molar refractivity (Wildman–Crippen MR) is 452 cm³/mol. The normalized spacial score (nSPS) is 26.4. The van der Waals surface area contributed by atoms with Gasteiger partial charge in [0.25, 0.3) is 33.7 Å². The van der Waals surface area contributed by atoms with Crippen LogP contribution in [0.15, 0.2) is 73.6 Å². The van der Waals surface area contributed by atoms with E-state index < -0.39 is 91.9 Å². The number of aliphatic hydroxyl groups excluding tert-OH is 1. The van der Waals surface area contributed by atoms with E-state index in [4.69, 9.17) is 28.9 Å². The van der Waals surface area contributed by atoms with Crippen molar-refractivity contribution in [1.29, 1.82) is 0 Å². The molecule has 3 aromatic heterocycles. The number of nitrogen functional groups attached to an aromatic ring is 1. The van der Waals surface area contributed by atoms with Gasteiger partial charge in [0.2, 0.25) is 23.6 Å². The molecule has 5 aromatic rings. The van der Waals surface area contributed by atoms with E-state index in [0.717, 1.165) is 111 Å². The van der Waals surface area contributed by atoms with Crippen LogP contribution in [0.4, 0.5) is 30.6 Å². The second-order valence-electron chi connectivity index (χ2n) is 38.0. The summed E-state index contributed by atoms with van der Waals surface area (Å²) in [6.45, 7) is 22.9. The van der Waals surface area contributed by atoms with Crippen LogP contribution in [0.25, 0.3) is 0 Å². The van der Waals surface area contributed by atoms with Gasteiger partial charge in [0.1, 0.15) is 34.5 Å². The summed E-state index contributed by atoms with van der Waals surface area (Å²) in [6, 6.07) is 9.14. The number of carbonyl (C=O) groups excluding carboxylic acids is 14. The number of rotatable bonds is 11. The summed E-state index contributed by atoms with van der Waals surface area (Å²) >= 11 is 0. The first-order valence-corrected chi connectivity index (χ1v) is 44.8. The fourth-order valence-electron chi connectivity index (χ4n) is 18.8. The second kappa shape index (κ2) is 38.0. The van der Waals surface area contributed by atoms with E-state index in [9.17, 15) is 80.6 Å². The maximum atomic E-state index is 13.3. The van der Waals surface area contributed by atoms with Crippen LogP contribution in [0.1, 0.15) is 291 Å². The molecule has 12 aliphatic heterocycles. The summed E-state index contributed by atoms with van der Waals surface area (Å²) < 4.78 is 53.3. The molecule has 0 radical (unpaired) electrons. The number of nitrogens with zero attached hydrogens (tertiary/aromatic N) is 11. The largest absolute Gasteiger partial charge is 0.444 e. The zero-order chi connectivity index (χ0) is 91.6. The molecule has 15 heterocycles. The Bertz CT molecular complexity index is 5020. The van der Waals surface area contributed by atoms with Gasteiger partial charge < -0.3 is 54.7 Å². The van der Waals surface area contributed by atoms with Gasteiger partial charge in [-0.2, -0.15) is 23.7 Å². The number of H-pyrrole nitrogens is 1. The number of imide groups is 4. The van der Waals surface area contributed by atoms with Crippen LogP contribution < -0.4 is 21.7 Å². The Kier molecular flexibility index (Phi) is 28.2. The number of aldehydes is 2. The maximum Gasteiger partial charge on any atom is 0.410 e. The fourth-order valence-corrected chi connectivity index (χ4v) is 19.4. The first-order chi connectivity index (χ1) is 59.2. The van der Waals surface area contributed by atoms with Gasteiger partial charge in [-0.3, -0.25) is 87.0 Å². The van der Waals surface area contributed by atoms with Gasteiger partial charge in [-0.1, -0.05) is 12.1 Å². The average Bonchev–Trinajstić information content (AvgIpc) is 1.60. The Labute approximate surface area is 730 Å². The molecule has 7 N–H and O–H groups in total. The summed E-state index contributed by atoms with van der Waals surface area (Å²) in [7, 11) is -3.44. The van der Waals surface area contributed by atoms with Crippen LogP contribution in [-0.2, 0) is 59.0 Å². The van der Waals surface area contributed by atoms with E-state index in [2.05, 4.69) is 36.3 Å². The highest BCUT2D eigenvalue weighted by atomic mass is 32.2. The Balaban J connectivity index is 0.000000147. The number of aliphatic hydroxyl groups is 1. The third kappa shape index (κ3) is 22.5.